The van der Waals surface area contributed by atoms with E-state index in [0.717, 1.165) is 11.4 Å². The highest BCUT2D eigenvalue weighted by Gasteiger charge is 2.41. The van der Waals surface area contributed by atoms with Gasteiger partial charge in [-0.1, -0.05) is 36.4 Å². The molecule has 2 aromatic rings. The summed E-state index contributed by atoms with van der Waals surface area (Å²) in [6.07, 6.45) is 3.75. The quantitative estimate of drug-likeness (QED) is 0.819. The van der Waals surface area contributed by atoms with Gasteiger partial charge in [0.2, 0.25) is 5.78 Å². The molecule has 0 saturated heterocycles. The van der Waals surface area contributed by atoms with Crippen LogP contribution in [-0.4, -0.2) is 24.2 Å². The lowest BCUT2D eigenvalue weighted by atomic mass is 9.81. The van der Waals surface area contributed by atoms with Gasteiger partial charge in [-0.15, -0.1) is 0 Å². The van der Waals surface area contributed by atoms with Crippen molar-refractivity contribution in [1.29, 1.82) is 0 Å². The van der Waals surface area contributed by atoms with Gasteiger partial charge in [0.25, 0.3) is 0 Å². The Hall–Kier alpha value is -3.14. The van der Waals surface area contributed by atoms with E-state index < -0.39 is 5.54 Å². The van der Waals surface area contributed by atoms with Crippen LogP contribution in [0.5, 0.6) is 5.75 Å². The number of rotatable bonds is 2. The highest BCUT2D eigenvalue weighted by atomic mass is 16.5. The number of allylic oxidation sites excluding steroid dienone is 3. The van der Waals surface area contributed by atoms with E-state index in [1.165, 1.54) is 0 Å². The van der Waals surface area contributed by atoms with Gasteiger partial charge in [0.1, 0.15) is 11.4 Å². The average molecular weight is 345 g/mol. The van der Waals surface area contributed by atoms with Crippen LogP contribution >= 0.6 is 0 Å². The van der Waals surface area contributed by atoms with E-state index in [1.54, 1.807) is 37.5 Å². The number of ketones is 2. The van der Waals surface area contributed by atoms with Gasteiger partial charge in [-0.3, -0.25) is 9.59 Å². The second kappa shape index (κ2) is 5.70. The van der Waals surface area contributed by atoms with Crippen LogP contribution in [0.2, 0.25) is 0 Å². The van der Waals surface area contributed by atoms with Crippen LogP contribution in [0, 0.1) is 0 Å². The van der Waals surface area contributed by atoms with E-state index in [9.17, 15) is 9.59 Å². The van der Waals surface area contributed by atoms with Gasteiger partial charge in [-0.05, 0) is 38.1 Å². The zero-order valence-electron chi connectivity index (χ0n) is 14.9. The van der Waals surface area contributed by atoms with E-state index in [-0.39, 0.29) is 11.6 Å². The third-order valence-electron chi connectivity index (χ3n) is 4.92. The fraction of sp³-hybridized carbons (Fsp3) is 0.182. The van der Waals surface area contributed by atoms with Crippen molar-refractivity contribution in [3.63, 3.8) is 0 Å². The SMILES string of the molecule is COc1ccc(N2C3=C(C=CC2(C)C)C(=O)c2ccccc2C3=O)cc1. The third kappa shape index (κ3) is 2.30. The first-order chi connectivity index (χ1) is 12.4. The molecule has 2 aliphatic rings. The lowest BCUT2D eigenvalue weighted by Crippen LogP contribution is -2.48. The maximum absolute atomic E-state index is 13.3. The number of fused-ring (bicyclic) bond motifs is 1. The molecule has 0 spiro atoms. The molecule has 4 rings (SSSR count). The number of nitrogens with zero attached hydrogens (tertiary/aromatic N) is 1. The number of methoxy groups -OCH3 is 1. The molecule has 0 fully saturated rings. The number of Topliss-reactive ketones (excluding diaryl/α,β-unsaturated/α-hetero) is 2. The van der Waals surface area contributed by atoms with Gasteiger partial charge in [0, 0.05) is 16.8 Å². The van der Waals surface area contributed by atoms with Gasteiger partial charge in [0.15, 0.2) is 5.78 Å². The molecule has 2 aromatic carbocycles. The first-order valence-electron chi connectivity index (χ1n) is 8.50. The average Bonchev–Trinajstić information content (AvgIpc) is 2.65. The Balaban J connectivity index is 1.92. The summed E-state index contributed by atoms with van der Waals surface area (Å²) in [5.74, 6) is 0.508. The summed E-state index contributed by atoms with van der Waals surface area (Å²) >= 11 is 0. The molecule has 0 radical (unpaired) electrons. The Bertz CT molecular complexity index is 981. The molecule has 0 bridgehead atoms. The lowest BCUT2D eigenvalue weighted by molar-refractivity contribution is 0.0972. The zero-order valence-corrected chi connectivity index (χ0v) is 14.9. The molecule has 4 heteroatoms. The van der Waals surface area contributed by atoms with E-state index in [1.807, 2.05) is 49.1 Å². The van der Waals surface area contributed by atoms with Crippen LogP contribution in [-0.2, 0) is 0 Å². The van der Waals surface area contributed by atoms with Crippen LogP contribution in [0.15, 0.2) is 72.0 Å². The fourth-order valence-electron chi connectivity index (χ4n) is 3.60. The van der Waals surface area contributed by atoms with Crippen LogP contribution in [0.4, 0.5) is 5.69 Å². The van der Waals surface area contributed by atoms with Crippen molar-refractivity contribution in [2.75, 3.05) is 12.0 Å². The monoisotopic (exact) mass is 345 g/mol. The third-order valence-corrected chi connectivity index (χ3v) is 4.92. The Morgan fingerprint density at radius 1 is 0.885 bits per heavy atom. The van der Waals surface area contributed by atoms with E-state index in [0.29, 0.717) is 22.4 Å². The molecule has 4 nitrogen and oxygen atoms in total. The van der Waals surface area contributed by atoms with Crippen molar-refractivity contribution in [2.45, 2.75) is 19.4 Å². The van der Waals surface area contributed by atoms with Crippen LogP contribution in [0.3, 0.4) is 0 Å². The molecule has 130 valence electrons. The molecule has 26 heavy (non-hydrogen) atoms. The molecule has 1 aliphatic carbocycles. The number of carbonyl (C=O) groups excluding carboxylic acids is 2. The molecule has 0 aromatic heterocycles. The van der Waals surface area contributed by atoms with Crippen molar-refractivity contribution in [2.24, 2.45) is 0 Å². The summed E-state index contributed by atoms with van der Waals surface area (Å²) in [4.78, 5) is 28.2. The number of hydrogen-bond acceptors (Lipinski definition) is 4. The van der Waals surface area contributed by atoms with Gasteiger partial charge < -0.3 is 9.64 Å². The van der Waals surface area contributed by atoms with Gasteiger partial charge in [-0.2, -0.15) is 0 Å². The molecule has 0 unspecified atom stereocenters. The fourth-order valence-corrected chi connectivity index (χ4v) is 3.60. The second-order valence-corrected chi connectivity index (χ2v) is 6.99. The zero-order chi connectivity index (χ0) is 18.5. The van der Waals surface area contributed by atoms with Crippen molar-refractivity contribution < 1.29 is 14.3 Å². The largest absolute Gasteiger partial charge is 0.497 e. The molecular weight excluding hydrogens is 326 g/mol. The minimum atomic E-state index is -0.449. The normalized spacial score (nSPS) is 17.9. The molecule has 1 aliphatic heterocycles. The molecule has 0 atom stereocenters. The van der Waals surface area contributed by atoms with Crippen LogP contribution in [0.1, 0.15) is 34.6 Å². The highest BCUT2D eigenvalue weighted by Crippen LogP contribution is 2.40. The summed E-state index contributed by atoms with van der Waals surface area (Å²) in [5, 5.41) is 0. The Morgan fingerprint density at radius 3 is 2.12 bits per heavy atom. The minimum absolute atomic E-state index is 0.111. The number of ether oxygens (including phenoxy) is 1. The highest BCUT2D eigenvalue weighted by molar-refractivity contribution is 6.29. The number of anilines is 1. The first-order valence-corrected chi connectivity index (χ1v) is 8.50. The summed E-state index contributed by atoms with van der Waals surface area (Å²) in [5.41, 5.74) is 2.20. The lowest BCUT2D eigenvalue weighted by Gasteiger charge is -2.43. The number of hydrogen-bond donors (Lipinski definition) is 0. The van der Waals surface area contributed by atoms with Crippen molar-refractivity contribution in [3.05, 3.63) is 83.1 Å². The second-order valence-electron chi connectivity index (χ2n) is 6.99. The van der Waals surface area contributed by atoms with Crippen molar-refractivity contribution >= 4 is 17.3 Å². The number of benzene rings is 2. The smallest absolute Gasteiger partial charge is 0.210 e. The van der Waals surface area contributed by atoms with Gasteiger partial charge in [0.05, 0.1) is 18.2 Å². The van der Waals surface area contributed by atoms with Gasteiger partial charge >= 0.3 is 0 Å². The summed E-state index contributed by atoms with van der Waals surface area (Å²) in [7, 11) is 1.61. The molecule has 0 amide bonds. The summed E-state index contributed by atoms with van der Waals surface area (Å²) in [6, 6.07) is 14.5. The molecular formula is C22H19NO3. The standard InChI is InChI=1S/C22H19NO3/c1-22(2)13-12-18-19(23(22)14-8-10-15(26-3)11-9-14)21(25)17-7-5-4-6-16(17)20(18)24/h4-13H,1-3H3. The Kier molecular flexibility index (Phi) is 3.58. The summed E-state index contributed by atoms with van der Waals surface area (Å²) < 4.78 is 5.23. The topological polar surface area (TPSA) is 46.6 Å². The molecule has 0 saturated carbocycles. The van der Waals surface area contributed by atoms with Crippen LogP contribution in [0.25, 0.3) is 0 Å². The minimum Gasteiger partial charge on any atom is -0.497 e. The van der Waals surface area contributed by atoms with Crippen LogP contribution < -0.4 is 9.64 Å². The number of carbonyl (C=O) groups is 2. The molecule has 1 heterocycles. The van der Waals surface area contributed by atoms with E-state index in [4.69, 9.17) is 4.74 Å². The summed E-state index contributed by atoms with van der Waals surface area (Å²) in [6.45, 7) is 4.05. The Morgan fingerprint density at radius 2 is 1.50 bits per heavy atom. The van der Waals surface area contributed by atoms with Crippen molar-refractivity contribution in [3.8, 4) is 5.75 Å². The van der Waals surface area contributed by atoms with Crippen molar-refractivity contribution in [1.82, 2.24) is 0 Å². The first kappa shape index (κ1) is 16.3. The maximum atomic E-state index is 13.3. The predicted octanol–water partition coefficient (Wildman–Crippen LogP) is 4.18. The van der Waals surface area contributed by atoms with E-state index in [2.05, 4.69) is 0 Å². The maximum Gasteiger partial charge on any atom is 0.210 e. The van der Waals surface area contributed by atoms with E-state index >= 15 is 0 Å². The molecule has 0 N–H and O–H groups in total. The predicted molar refractivity (Wildman–Crippen MR) is 101 cm³/mol. The van der Waals surface area contributed by atoms with Gasteiger partial charge in [-0.25, -0.2) is 0 Å². The Labute approximate surface area is 152 Å².